The van der Waals surface area contributed by atoms with Crippen LogP contribution in [0.2, 0.25) is 0 Å². The number of carbonyl (C=O) groups is 1. The fraction of sp³-hybridized carbons (Fsp3) is 0.0435. The molecule has 0 heterocycles. The maximum Gasteiger partial charge on any atom is 0.264 e. The third kappa shape index (κ3) is 5.09. The summed E-state index contributed by atoms with van der Waals surface area (Å²) in [7, 11) is 0. The fourth-order valence-electron chi connectivity index (χ4n) is 2.71. The Balaban J connectivity index is 1.81. The number of amides is 1. The zero-order valence-electron chi connectivity index (χ0n) is 15.0. The average Bonchev–Trinajstić information content (AvgIpc) is 2.75. The summed E-state index contributed by atoms with van der Waals surface area (Å²) in [6.07, 6.45) is 1.42. The van der Waals surface area contributed by atoms with E-state index in [4.69, 9.17) is 0 Å². The summed E-state index contributed by atoms with van der Waals surface area (Å²) in [5.74, 6) is -0.440. The lowest BCUT2D eigenvalue weighted by Gasteiger charge is -2.19. The highest BCUT2D eigenvalue weighted by molar-refractivity contribution is 9.10. The van der Waals surface area contributed by atoms with Gasteiger partial charge >= 0.3 is 0 Å². The Morgan fingerprint density at radius 1 is 0.893 bits per heavy atom. The summed E-state index contributed by atoms with van der Waals surface area (Å²) in [6.45, 7) is 0. The number of nitrogens with one attached hydrogen (secondary N) is 2. The van der Waals surface area contributed by atoms with Gasteiger partial charge in [-0.3, -0.25) is 4.79 Å². The van der Waals surface area contributed by atoms with E-state index < -0.39 is 5.91 Å². The molecule has 0 aliphatic heterocycles. The van der Waals surface area contributed by atoms with Crippen molar-refractivity contribution in [2.75, 3.05) is 5.32 Å². The Morgan fingerprint density at radius 3 is 1.93 bits per heavy atom. The summed E-state index contributed by atoms with van der Waals surface area (Å²) in [5, 5.41) is 15.4. The molecule has 0 spiro atoms. The number of nitrogens with zero attached hydrogens (tertiary/aromatic N) is 1. The van der Waals surface area contributed by atoms with Crippen LogP contribution in [0.3, 0.4) is 0 Å². The topological polar surface area (TPSA) is 64.9 Å². The number of carbonyl (C=O) groups excluding carboxylic acids is 1. The molecule has 5 heteroatoms. The minimum Gasteiger partial charge on any atom is -0.360 e. The zero-order chi connectivity index (χ0) is 19.8. The van der Waals surface area contributed by atoms with Gasteiger partial charge in [-0.2, -0.15) is 5.26 Å². The molecule has 0 saturated carbocycles. The number of rotatable bonds is 6. The van der Waals surface area contributed by atoms with Crippen molar-refractivity contribution in [1.82, 2.24) is 5.32 Å². The molecule has 3 aromatic carbocycles. The predicted octanol–water partition coefficient (Wildman–Crippen LogP) is 5.17. The van der Waals surface area contributed by atoms with Crippen molar-refractivity contribution in [3.8, 4) is 6.07 Å². The van der Waals surface area contributed by atoms with Gasteiger partial charge in [0.2, 0.25) is 0 Å². The first kappa shape index (κ1) is 19.4. The molecule has 0 bridgehead atoms. The van der Waals surface area contributed by atoms with E-state index in [1.54, 1.807) is 0 Å². The van der Waals surface area contributed by atoms with Crippen LogP contribution in [0.25, 0.3) is 0 Å². The van der Waals surface area contributed by atoms with Crippen LogP contribution >= 0.6 is 15.9 Å². The van der Waals surface area contributed by atoms with E-state index in [0.717, 1.165) is 21.3 Å². The number of halogens is 1. The maximum absolute atomic E-state index is 12.8. The molecule has 0 fully saturated rings. The molecule has 0 aliphatic rings. The molecule has 0 aliphatic carbocycles. The van der Waals surface area contributed by atoms with Crippen molar-refractivity contribution < 1.29 is 4.79 Å². The molecule has 4 nitrogen and oxygen atoms in total. The van der Waals surface area contributed by atoms with Crippen molar-refractivity contribution >= 4 is 27.5 Å². The largest absolute Gasteiger partial charge is 0.360 e. The van der Waals surface area contributed by atoms with Crippen LogP contribution in [-0.2, 0) is 4.79 Å². The Labute approximate surface area is 172 Å². The van der Waals surface area contributed by atoms with Gasteiger partial charge in [-0.25, -0.2) is 0 Å². The van der Waals surface area contributed by atoms with E-state index in [1.807, 2.05) is 91.0 Å². The van der Waals surface area contributed by atoms with Gasteiger partial charge in [0.15, 0.2) is 0 Å². The first-order valence-corrected chi connectivity index (χ1v) is 9.50. The molecule has 3 aromatic rings. The van der Waals surface area contributed by atoms with Crippen molar-refractivity contribution in [3.63, 3.8) is 0 Å². The lowest BCUT2D eigenvalue weighted by atomic mass is 9.98. The van der Waals surface area contributed by atoms with Gasteiger partial charge in [-0.05, 0) is 35.4 Å². The van der Waals surface area contributed by atoms with Gasteiger partial charge in [-0.15, -0.1) is 0 Å². The van der Waals surface area contributed by atoms with Crippen molar-refractivity contribution in [1.29, 1.82) is 5.26 Å². The molecule has 0 unspecified atom stereocenters. The van der Waals surface area contributed by atoms with E-state index in [0.29, 0.717) is 0 Å². The number of hydrogen-bond acceptors (Lipinski definition) is 3. The van der Waals surface area contributed by atoms with E-state index in [2.05, 4.69) is 26.6 Å². The fourth-order valence-corrected chi connectivity index (χ4v) is 2.97. The highest BCUT2D eigenvalue weighted by Gasteiger charge is 2.19. The maximum atomic E-state index is 12.8. The molecule has 3 rings (SSSR count). The number of nitriles is 1. The van der Waals surface area contributed by atoms with E-state index in [-0.39, 0.29) is 11.6 Å². The number of benzene rings is 3. The molecule has 28 heavy (non-hydrogen) atoms. The van der Waals surface area contributed by atoms with Crippen molar-refractivity contribution in [2.45, 2.75) is 6.04 Å². The van der Waals surface area contributed by atoms with Crippen molar-refractivity contribution in [2.24, 2.45) is 0 Å². The first-order chi connectivity index (χ1) is 13.7. The zero-order valence-corrected chi connectivity index (χ0v) is 16.6. The summed E-state index contributed by atoms with van der Waals surface area (Å²) >= 11 is 3.37. The molecule has 0 atom stereocenters. The van der Waals surface area contributed by atoms with E-state index in [9.17, 15) is 10.1 Å². The molecule has 2 N–H and O–H groups in total. The summed E-state index contributed by atoms with van der Waals surface area (Å²) in [5.41, 5.74) is 2.67. The summed E-state index contributed by atoms with van der Waals surface area (Å²) < 4.78 is 0.953. The third-order valence-electron chi connectivity index (χ3n) is 4.13. The smallest absolute Gasteiger partial charge is 0.264 e. The first-order valence-electron chi connectivity index (χ1n) is 8.70. The van der Waals surface area contributed by atoms with Crippen LogP contribution in [-0.4, -0.2) is 5.91 Å². The quantitative estimate of drug-likeness (QED) is 0.417. The SMILES string of the molecule is N#C/C(=C/Nc1ccc(Br)cc1)C(=O)NC(c1ccccc1)c1ccccc1. The van der Waals surface area contributed by atoms with E-state index >= 15 is 0 Å². The van der Waals surface area contributed by atoms with Gasteiger partial charge in [0.1, 0.15) is 11.6 Å². The molecule has 0 radical (unpaired) electrons. The third-order valence-corrected chi connectivity index (χ3v) is 4.66. The average molecular weight is 432 g/mol. The van der Waals surface area contributed by atoms with Crippen LogP contribution in [0.5, 0.6) is 0 Å². The minimum atomic E-state index is -0.440. The molecule has 0 aromatic heterocycles. The van der Waals surface area contributed by atoms with Crippen LogP contribution in [0.4, 0.5) is 5.69 Å². The van der Waals surface area contributed by atoms with Crippen LogP contribution < -0.4 is 10.6 Å². The Morgan fingerprint density at radius 2 is 1.43 bits per heavy atom. The second-order valence-corrected chi connectivity index (χ2v) is 6.96. The summed E-state index contributed by atoms with van der Waals surface area (Å²) in [6, 6.07) is 28.4. The van der Waals surface area contributed by atoms with Gasteiger partial charge in [0, 0.05) is 16.4 Å². The van der Waals surface area contributed by atoms with E-state index in [1.165, 1.54) is 6.20 Å². The standard InChI is InChI=1S/C23H18BrN3O/c24-20-11-13-21(14-12-20)26-16-19(15-25)23(28)27-22(17-7-3-1-4-8-17)18-9-5-2-6-10-18/h1-14,16,22,26H,(H,27,28)/b19-16-. The van der Waals surface area contributed by atoms with Crippen LogP contribution in [0.1, 0.15) is 17.2 Å². The minimum absolute atomic E-state index is 0.000203. The highest BCUT2D eigenvalue weighted by atomic mass is 79.9. The molecule has 0 saturated heterocycles. The molecule has 1 amide bonds. The molecular formula is C23H18BrN3O. The second kappa shape index (κ2) is 9.54. The monoisotopic (exact) mass is 431 g/mol. The lowest BCUT2D eigenvalue weighted by molar-refractivity contribution is -0.117. The number of anilines is 1. The Hall–Kier alpha value is -3.36. The molecular weight excluding hydrogens is 414 g/mol. The van der Waals surface area contributed by atoms with Gasteiger partial charge in [0.25, 0.3) is 5.91 Å². The summed E-state index contributed by atoms with van der Waals surface area (Å²) in [4.78, 5) is 12.8. The van der Waals surface area contributed by atoms with Crippen LogP contribution in [0, 0.1) is 11.3 Å². The second-order valence-electron chi connectivity index (χ2n) is 6.05. The normalized spacial score (nSPS) is 11.0. The molecule has 138 valence electrons. The van der Waals surface area contributed by atoms with Gasteiger partial charge in [0.05, 0.1) is 6.04 Å². The van der Waals surface area contributed by atoms with Gasteiger partial charge in [-0.1, -0.05) is 76.6 Å². The van der Waals surface area contributed by atoms with Crippen LogP contribution in [0.15, 0.2) is 101 Å². The highest BCUT2D eigenvalue weighted by Crippen LogP contribution is 2.22. The van der Waals surface area contributed by atoms with Crippen molar-refractivity contribution in [3.05, 3.63) is 112 Å². The number of hydrogen-bond donors (Lipinski definition) is 2. The predicted molar refractivity (Wildman–Crippen MR) is 114 cm³/mol. The Kier molecular flexibility index (Phi) is 6.61. The van der Waals surface area contributed by atoms with Gasteiger partial charge < -0.3 is 10.6 Å². The Bertz CT molecular complexity index is 954. The lowest BCUT2D eigenvalue weighted by Crippen LogP contribution is -2.30.